The van der Waals surface area contributed by atoms with Crippen LogP contribution in [-0.4, -0.2) is 12.1 Å². The molecule has 2 aromatic heterocycles. The molecule has 0 aromatic carbocycles. The normalized spacial score (nSPS) is 10.7. The van der Waals surface area contributed by atoms with Crippen LogP contribution in [0.25, 0.3) is 10.6 Å². The predicted molar refractivity (Wildman–Crippen MR) is 55.3 cm³/mol. The number of thiazole rings is 1. The predicted octanol–water partition coefficient (Wildman–Crippen LogP) is 2.86. The van der Waals surface area contributed by atoms with Crippen LogP contribution in [0.5, 0.6) is 0 Å². The highest BCUT2D eigenvalue weighted by Crippen LogP contribution is 2.27. The summed E-state index contributed by atoms with van der Waals surface area (Å²) in [5, 5.41) is 2.99. The van der Waals surface area contributed by atoms with Gasteiger partial charge in [0.1, 0.15) is 10.8 Å². The lowest BCUT2D eigenvalue weighted by Gasteiger charge is -1.92. The molecule has 0 saturated carbocycles. The summed E-state index contributed by atoms with van der Waals surface area (Å²) in [7, 11) is 1.67. The van der Waals surface area contributed by atoms with Gasteiger partial charge in [-0.1, -0.05) is 0 Å². The zero-order valence-electron chi connectivity index (χ0n) is 8.11. The lowest BCUT2D eigenvalue weighted by atomic mass is 10.3. The molecular formula is C10H11NO2S. The molecule has 0 atom stereocenters. The molecule has 0 amide bonds. The van der Waals surface area contributed by atoms with Crippen LogP contribution in [-0.2, 0) is 11.3 Å². The number of aromatic nitrogens is 1. The lowest BCUT2D eigenvalue weighted by Crippen LogP contribution is -1.86. The third-order valence-electron chi connectivity index (χ3n) is 1.93. The second-order valence-electron chi connectivity index (χ2n) is 2.97. The van der Waals surface area contributed by atoms with Gasteiger partial charge in [0.15, 0.2) is 0 Å². The van der Waals surface area contributed by atoms with Crippen molar-refractivity contribution < 1.29 is 9.15 Å². The van der Waals surface area contributed by atoms with Crippen molar-refractivity contribution in [3.63, 3.8) is 0 Å². The monoisotopic (exact) mass is 209 g/mol. The molecule has 74 valence electrons. The molecule has 2 aromatic rings. The minimum absolute atomic E-state index is 0.563. The summed E-state index contributed by atoms with van der Waals surface area (Å²) in [5.74, 6) is 0.906. The summed E-state index contributed by atoms with van der Waals surface area (Å²) < 4.78 is 10.2. The van der Waals surface area contributed by atoms with Gasteiger partial charge < -0.3 is 9.15 Å². The molecule has 0 unspecified atom stereocenters. The fourth-order valence-corrected chi connectivity index (χ4v) is 2.13. The van der Waals surface area contributed by atoms with Gasteiger partial charge in [0.2, 0.25) is 0 Å². The first-order valence-corrected chi connectivity index (χ1v) is 5.17. The van der Waals surface area contributed by atoms with Crippen molar-refractivity contribution in [2.75, 3.05) is 7.11 Å². The summed E-state index contributed by atoms with van der Waals surface area (Å²) in [4.78, 5) is 4.44. The van der Waals surface area contributed by atoms with Crippen LogP contribution >= 0.6 is 11.3 Å². The van der Waals surface area contributed by atoms with Crippen molar-refractivity contribution >= 4 is 11.3 Å². The molecule has 0 radical (unpaired) electrons. The zero-order valence-corrected chi connectivity index (χ0v) is 8.93. The van der Waals surface area contributed by atoms with Gasteiger partial charge in [-0.2, -0.15) is 0 Å². The Balaban J connectivity index is 2.29. The van der Waals surface area contributed by atoms with Crippen molar-refractivity contribution in [3.8, 4) is 10.6 Å². The Morgan fingerprint density at radius 1 is 1.57 bits per heavy atom. The summed E-state index contributed by atoms with van der Waals surface area (Å²) in [6, 6.07) is 1.94. The maximum atomic E-state index is 5.22. The number of nitrogens with zero attached hydrogens (tertiary/aromatic N) is 1. The molecular weight excluding hydrogens is 198 g/mol. The van der Waals surface area contributed by atoms with E-state index in [4.69, 9.17) is 9.15 Å². The average molecular weight is 209 g/mol. The number of hydrogen-bond acceptors (Lipinski definition) is 4. The Morgan fingerprint density at radius 2 is 2.43 bits per heavy atom. The fourth-order valence-electron chi connectivity index (χ4n) is 1.25. The summed E-state index contributed by atoms with van der Waals surface area (Å²) >= 11 is 1.61. The topological polar surface area (TPSA) is 35.3 Å². The number of aryl methyl sites for hydroxylation is 1. The molecule has 14 heavy (non-hydrogen) atoms. The molecule has 0 N–H and O–H groups in total. The van der Waals surface area contributed by atoms with Gasteiger partial charge in [-0.15, -0.1) is 11.3 Å². The fraction of sp³-hybridized carbons (Fsp3) is 0.300. The van der Waals surface area contributed by atoms with Crippen molar-refractivity contribution in [1.82, 2.24) is 4.98 Å². The van der Waals surface area contributed by atoms with Gasteiger partial charge in [-0.3, -0.25) is 0 Å². The molecule has 0 saturated heterocycles. The molecule has 0 aliphatic carbocycles. The van der Waals surface area contributed by atoms with Gasteiger partial charge in [-0.25, -0.2) is 4.98 Å². The highest BCUT2D eigenvalue weighted by Gasteiger charge is 2.08. The maximum Gasteiger partial charge on any atom is 0.127 e. The van der Waals surface area contributed by atoms with E-state index in [0.29, 0.717) is 6.61 Å². The molecule has 0 bridgehead atoms. The van der Waals surface area contributed by atoms with E-state index in [1.165, 1.54) is 0 Å². The summed E-state index contributed by atoms with van der Waals surface area (Å²) in [5.41, 5.74) is 2.03. The standard InChI is InChI=1S/C10H11NO2S/c1-7-9(3-4-13-7)10-11-8(5-12-2)6-14-10/h3-4,6H,5H2,1-2H3. The number of methoxy groups -OCH3 is 1. The highest BCUT2D eigenvalue weighted by molar-refractivity contribution is 7.13. The van der Waals surface area contributed by atoms with Crippen LogP contribution in [0.2, 0.25) is 0 Å². The van der Waals surface area contributed by atoms with E-state index < -0.39 is 0 Å². The van der Waals surface area contributed by atoms with Crippen LogP contribution in [0.3, 0.4) is 0 Å². The summed E-state index contributed by atoms with van der Waals surface area (Å²) in [6.45, 7) is 2.50. The molecule has 4 heteroatoms. The zero-order chi connectivity index (χ0) is 9.97. The van der Waals surface area contributed by atoms with Crippen LogP contribution in [0.15, 0.2) is 22.1 Å². The minimum Gasteiger partial charge on any atom is -0.469 e. The van der Waals surface area contributed by atoms with E-state index in [1.807, 2.05) is 18.4 Å². The van der Waals surface area contributed by atoms with Crippen LogP contribution in [0, 0.1) is 6.92 Å². The van der Waals surface area contributed by atoms with Gasteiger partial charge >= 0.3 is 0 Å². The van der Waals surface area contributed by atoms with Crippen molar-refractivity contribution in [2.45, 2.75) is 13.5 Å². The third-order valence-corrected chi connectivity index (χ3v) is 2.86. The SMILES string of the molecule is COCc1csc(-c2ccoc2C)n1. The first-order chi connectivity index (χ1) is 6.81. The molecule has 3 nitrogen and oxygen atoms in total. The molecule has 2 rings (SSSR count). The lowest BCUT2D eigenvalue weighted by molar-refractivity contribution is 0.182. The molecule has 2 heterocycles. The number of furan rings is 1. The van der Waals surface area contributed by atoms with E-state index in [1.54, 1.807) is 24.7 Å². The van der Waals surface area contributed by atoms with E-state index >= 15 is 0 Å². The second-order valence-corrected chi connectivity index (χ2v) is 3.83. The van der Waals surface area contributed by atoms with Crippen LogP contribution in [0.1, 0.15) is 11.5 Å². The smallest absolute Gasteiger partial charge is 0.127 e. The molecule has 0 spiro atoms. The van der Waals surface area contributed by atoms with Gasteiger partial charge in [0.05, 0.1) is 24.1 Å². The van der Waals surface area contributed by atoms with Crippen LogP contribution < -0.4 is 0 Å². The minimum atomic E-state index is 0.563. The molecule has 0 aliphatic heterocycles. The van der Waals surface area contributed by atoms with Gasteiger partial charge in [-0.05, 0) is 13.0 Å². The maximum absolute atomic E-state index is 5.22. The Morgan fingerprint density at radius 3 is 3.07 bits per heavy atom. The Kier molecular flexibility index (Phi) is 2.65. The van der Waals surface area contributed by atoms with E-state index in [0.717, 1.165) is 22.0 Å². The third kappa shape index (κ3) is 1.71. The first kappa shape index (κ1) is 9.43. The number of hydrogen-bond donors (Lipinski definition) is 0. The van der Waals surface area contributed by atoms with E-state index in [-0.39, 0.29) is 0 Å². The molecule has 0 aliphatic rings. The Labute approximate surface area is 86.4 Å². The van der Waals surface area contributed by atoms with Crippen molar-refractivity contribution in [1.29, 1.82) is 0 Å². The quantitative estimate of drug-likeness (QED) is 0.779. The van der Waals surface area contributed by atoms with E-state index in [9.17, 15) is 0 Å². The Bertz CT molecular complexity index is 419. The number of rotatable bonds is 3. The first-order valence-electron chi connectivity index (χ1n) is 4.29. The number of ether oxygens (including phenoxy) is 1. The Hall–Kier alpha value is -1.13. The van der Waals surface area contributed by atoms with E-state index in [2.05, 4.69) is 4.98 Å². The highest BCUT2D eigenvalue weighted by atomic mass is 32.1. The van der Waals surface area contributed by atoms with Gasteiger partial charge in [0.25, 0.3) is 0 Å². The van der Waals surface area contributed by atoms with Crippen LogP contribution in [0.4, 0.5) is 0 Å². The van der Waals surface area contributed by atoms with Crippen molar-refractivity contribution in [3.05, 3.63) is 29.2 Å². The van der Waals surface area contributed by atoms with Gasteiger partial charge in [0, 0.05) is 12.5 Å². The average Bonchev–Trinajstić information content (AvgIpc) is 2.74. The second kappa shape index (κ2) is 3.94. The summed E-state index contributed by atoms with van der Waals surface area (Å²) in [6.07, 6.45) is 1.68. The molecule has 0 fully saturated rings. The largest absolute Gasteiger partial charge is 0.469 e. The van der Waals surface area contributed by atoms with Crippen molar-refractivity contribution in [2.24, 2.45) is 0 Å².